The number of aromatic nitrogens is 2. The molecule has 5 rings (SSSR count). The summed E-state index contributed by atoms with van der Waals surface area (Å²) < 4.78 is 21.5. The summed E-state index contributed by atoms with van der Waals surface area (Å²) in [5, 5.41) is 0.949. The van der Waals surface area contributed by atoms with E-state index in [9.17, 15) is 13.8 Å². The number of carbonyl (C=O) groups is 2. The molecule has 1 aliphatic rings. The third-order valence-corrected chi connectivity index (χ3v) is 8.15. The number of ether oxygens (including phenoxy) is 1. The van der Waals surface area contributed by atoms with Crippen LogP contribution in [-0.4, -0.2) is 32.7 Å². The highest BCUT2D eigenvalue weighted by atomic mass is 35.5. The number of fused-ring (bicyclic) bond motifs is 2. The normalized spacial score (nSPS) is 14.1. The van der Waals surface area contributed by atoms with Crippen LogP contribution >= 0.6 is 11.6 Å². The maximum absolute atomic E-state index is 13.9. The van der Waals surface area contributed by atoms with Gasteiger partial charge >= 0.3 is 0 Å². The van der Waals surface area contributed by atoms with Crippen molar-refractivity contribution >= 4 is 50.9 Å². The lowest BCUT2D eigenvalue weighted by molar-refractivity contribution is 0.0926. The Kier molecular flexibility index (Phi) is 6.41. The maximum Gasteiger partial charge on any atom is 0.266 e. The number of methoxy groups -OCH3 is 1. The summed E-state index contributed by atoms with van der Waals surface area (Å²) in [6.45, 7) is 7.71. The zero-order valence-electron chi connectivity index (χ0n) is 21.2. The molecule has 0 saturated heterocycles. The SMILES string of the molecule is COc1c(C)cc(N2C(=O)c3ccccc3C2=O)c(CS(=O)c2nc3cc(Cl)ccc3n2C(C)C)c1C. The van der Waals surface area contributed by atoms with Gasteiger partial charge in [0, 0.05) is 11.1 Å². The van der Waals surface area contributed by atoms with Gasteiger partial charge in [0.25, 0.3) is 11.8 Å². The molecule has 3 aromatic carbocycles. The largest absolute Gasteiger partial charge is 0.496 e. The third-order valence-electron chi connectivity index (χ3n) is 6.67. The van der Waals surface area contributed by atoms with E-state index in [0.717, 1.165) is 16.6 Å². The van der Waals surface area contributed by atoms with Crippen LogP contribution in [0.3, 0.4) is 0 Å². The monoisotopic (exact) mass is 535 g/mol. The number of imidazole rings is 1. The minimum atomic E-state index is -1.61. The van der Waals surface area contributed by atoms with Crippen molar-refractivity contribution < 1.29 is 18.5 Å². The van der Waals surface area contributed by atoms with E-state index in [1.807, 2.05) is 38.3 Å². The molecule has 2 amide bonds. The van der Waals surface area contributed by atoms with E-state index in [2.05, 4.69) is 4.98 Å². The summed E-state index contributed by atoms with van der Waals surface area (Å²) in [5.41, 5.74) is 4.68. The Labute approximate surface area is 222 Å². The number of amides is 2. The molecule has 2 heterocycles. The zero-order valence-corrected chi connectivity index (χ0v) is 22.7. The molecule has 190 valence electrons. The number of rotatable bonds is 6. The first kappa shape index (κ1) is 25.2. The molecule has 0 saturated carbocycles. The number of nitrogens with zero attached hydrogens (tertiary/aromatic N) is 3. The van der Waals surface area contributed by atoms with Crippen molar-refractivity contribution in [2.45, 2.75) is 44.6 Å². The van der Waals surface area contributed by atoms with Gasteiger partial charge in [0.15, 0.2) is 0 Å². The van der Waals surface area contributed by atoms with Crippen LogP contribution in [-0.2, 0) is 16.6 Å². The highest BCUT2D eigenvalue weighted by Crippen LogP contribution is 2.39. The van der Waals surface area contributed by atoms with Gasteiger partial charge in [-0.05, 0) is 80.8 Å². The molecule has 0 N–H and O–H groups in total. The predicted octanol–water partition coefficient (Wildman–Crippen LogP) is 6.00. The fourth-order valence-electron chi connectivity index (χ4n) is 4.99. The Bertz CT molecular complexity index is 1590. The van der Waals surface area contributed by atoms with Crippen LogP contribution in [0.4, 0.5) is 5.69 Å². The first-order chi connectivity index (χ1) is 17.6. The number of hydrogen-bond donors (Lipinski definition) is 0. The van der Waals surface area contributed by atoms with Crippen LogP contribution in [0.2, 0.25) is 5.02 Å². The van der Waals surface area contributed by atoms with E-state index in [4.69, 9.17) is 16.3 Å². The number of imide groups is 1. The summed E-state index contributed by atoms with van der Waals surface area (Å²) in [4.78, 5) is 32.6. The van der Waals surface area contributed by atoms with Gasteiger partial charge in [-0.25, -0.2) is 9.88 Å². The van der Waals surface area contributed by atoms with Gasteiger partial charge in [-0.2, -0.15) is 0 Å². The standard InChI is InChI=1S/C28H26ClN3O4S/c1-15(2)31-23-11-10-18(29)13-22(23)30-28(31)37(35)14-21-17(4)25(36-5)16(3)12-24(21)32-26(33)19-8-6-7-9-20(19)27(32)34/h6-13,15H,14H2,1-5H3. The minimum Gasteiger partial charge on any atom is -0.496 e. The van der Waals surface area contributed by atoms with Crippen molar-refractivity contribution in [3.63, 3.8) is 0 Å². The van der Waals surface area contributed by atoms with E-state index in [1.54, 1.807) is 49.6 Å². The van der Waals surface area contributed by atoms with E-state index in [1.165, 1.54) is 4.90 Å². The molecule has 37 heavy (non-hydrogen) atoms. The quantitative estimate of drug-likeness (QED) is 0.283. The summed E-state index contributed by atoms with van der Waals surface area (Å²) in [6.07, 6.45) is 0. The molecular formula is C28H26ClN3O4S. The van der Waals surface area contributed by atoms with Crippen molar-refractivity contribution in [3.8, 4) is 5.75 Å². The second-order valence-corrected chi connectivity index (χ2v) is 11.1. The van der Waals surface area contributed by atoms with Crippen molar-refractivity contribution in [3.05, 3.63) is 81.4 Å². The molecule has 0 fully saturated rings. The Morgan fingerprint density at radius 1 is 1.03 bits per heavy atom. The molecule has 1 aliphatic heterocycles. The van der Waals surface area contributed by atoms with Crippen LogP contribution in [0.5, 0.6) is 5.75 Å². The van der Waals surface area contributed by atoms with Crippen molar-refractivity contribution in [1.29, 1.82) is 0 Å². The fraction of sp³-hybridized carbons (Fsp3) is 0.250. The highest BCUT2D eigenvalue weighted by molar-refractivity contribution is 7.84. The summed E-state index contributed by atoms with van der Waals surface area (Å²) in [5.74, 6) is -0.146. The lowest BCUT2D eigenvalue weighted by Gasteiger charge is -2.23. The number of halogens is 1. The lowest BCUT2D eigenvalue weighted by Crippen LogP contribution is -2.31. The summed E-state index contributed by atoms with van der Waals surface area (Å²) >= 11 is 6.19. The first-order valence-electron chi connectivity index (χ1n) is 11.8. The second-order valence-electron chi connectivity index (χ2n) is 9.32. The molecule has 0 radical (unpaired) electrons. The Morgan fingerprint density at radius 3 is 2.27 bits per heavy atom. The minimum absolute atomic E-state index is 0.00511. The molecule has 0 aliphatic carbocycles. The second kappa shape index (κ2) is 9.43. The molecule has 1 unspecified atom stereocenters. The molecule has 7 nitrogen and oxygen atoms in total. The number of hydrogen-bond acceptors (Lipinski definition) is 5. The van der Waals surface area contributed by atoms with Gasteiger partial charge in [-0.3, -0.25) is 13.8 Å². The summed E-state index contributed by atoms with van der Waals surface area (Å²) in [7, 11) is -0.0430. The maximum atomic E-state index is 13.9. The van der Waals surface area contributed by atoms with Crippen LogP contribution in [0, 0.1) is 13.8 Å². The molecule has 0 spiro atoms. The van der Waals surface area contributed by atoms with Crippen molar-refractivity contribution in [1.82, 2.24) is 9.55 Å². The third kappa shape index (κ3) is 4.04. The molecule has 9 heteroatoms. The van der Waals surface area contributed by atoms with E-state index >= 15 is 0 Å². The van der Waals surface area contributed by atoms with Crippen molar-refractivity contribution in [2.75, 3.05) is 12.0 Å². The van der Waals surface area contributed by atoms with Gasteiger partial charge in [-0.1, -0.05) is 23.7 Å². The van der Waals surface area contributed by atoms with Crippen LogP contribution in [0.15, 0.2) is 53.7 Å². The van der Waals surface area contributed by atoms with Crippen LogP contribution in [0.1, 0.15) is 57.3 Å². The van der Waals surface area contributed by atoms with Crippen LogP contribution < -0.4 is 9.64 Å². The first-order valence-corrected chi connectivity index (χ1v) is 13.5. The number of benzene rings is 3. The molecule has 1 aromatic heterocycles. The Hall–Kier alpha value is -3.49. The smallest absolute Gasteiger partial charge is 0.266 e. The lowest BCUT2D eigenvalue weighted by atomic mass is 10.0. The van der Waals surface area contributed by atoms with Crippen molar-refractivity contribution in [2.24, 2.45) is 0 Å². The number of aryl methyl sites for hydroxylation is 1. The molecule has 4 aromatic rings. The number of carbonyl (C=O) groups excluding carboxylic acids is 2. The van der Waals surface area contributed by atoms with Gasteiger partial charge in [0.05, 0.1) is 51.5 Å². The molecule has 0 bridgehead atoms. The van der Waals surface area contributed by atoms with Gasteiger partial charge in [0.2, 0.25) is 5.16 Å². The van der Waals surface area contributed by atoms with Gasteiger partial charge < -0.3 is 9.30 Å². The predicted molar refractivity (Wildman–Crippen MR) is 145 cm³/mol. The Balaban J connectivity index is 1.65. The van der Waals surface area contributed by atoms with E-state index < -0.39 is 22.6 Å². The van der Waals surface area contributed by atoms with E-state index in [-0.39, 0.29) is 11.8 Å². The number of anilines is 1. The van der Waals surface area contributed by atoms with E-state index in [0.29, 0.717) is 43.8 Å². The molecular weight excluding hydrogens is 510 g/mol. The van der Waals surface area contributed by atoms with Gasteiger partial charge in [0.1, 0.15) is 5.75 Å². The average molecular weight is 536 g/mol. The topological polar surface area (TPSA) is 81.5 Å². The zero-order chi connectivity index (χ0) is 26.6. The summed E-state index contributed by atoms with van der Waals surface area (Å²) in [6, 6.07) is 13.9. The molecule has 1 atom stereocenters. The average Bonchev–Trinajstić information content (AvgIpc) is 3.36. The van der Waals surface area contributed by atoms with Crippen LogP contribution in [0.25, 0.3) is 11.0 Å². The van der Waals surface area contributed by atoms with Gasteiger partial charge in [-0.15, -0.1) is 0 Å². The highest BCUT2D eigenvalue weighted by Gasteiger charge is 2.38. The Morgan fingerprint density at radius 2 is 1.68 bits per heavy atom. The fourth-order valence-corrected chi connectivity index (χ4v) is 6.64.